The van der Waals surface area contributed by atoms with Crippen molar-refractivity contribution in [3.05, 3.63) is 34.3 Å². The Labute approximate surface area is 139 Å². The fraction of sp³-hybridized carbons (Fsp3) is 0.684. The first kappa shape index (κ1) is 17.0. The lowest BCUT2D eigenvalue weighted by Crippen LogP contribution is -2.38. The van der Waals surface area contributed by atoms with Gasteiger partial charge in [-0.3, -0.25) is 0 Å². The molecule has 1 aromatic carbocycles. The summed E-state index contributed by atoms with van der Waals surface area (Å²) in [6.45, 7) is 10.5. The quantitative estimate of drug-likeness (QED) is 0.745. The Morgan fingerprint density at radius 3 is 2.71 bits per heavy atom. The Bertz CT molecular complexity index is 451. The predicted molar refractivity (Wildman–Crippen MR) is 95.6 cm³/mol. The summed E-state index contributed by atoms with van der Waals surface area (Å²) in [6.07, 6.45) is 5.30. The molecule has 1 N–H and O–H groups in total. The average molecular weight is 352 g/mol. The highest BCUT2D eigenvalue weighted by Crippen LogP contribution is 2.43. The fourth-order valence-electron chi connectivity index (χ4n) is 3.65. The zero-order valence-corrected chi connectivity index (χ0v) is 15.5. The summed E-state index contributed by atoms with van der Waals surface area (Å²) in [5.41, 5.74) is 1.98. The largest absolute Gasteiger partial charge is 0.314 e. The molecule has 2 heteroatoms. The Balaban J connectivity index is 2.05. The normalized spacial score (nSPS) is 25.2. The van der Waals surface area contributed by atoms with Crippen molar-refractivity contribution in [3.63, 3.8) is 0 Å². The molecule has 1 fully saturated rings. The van der Waals surface area contributed by atoms with Gasteiger partial charge in [-0.15, -0.1) is 0 Å². The van der Waals surface area contributed by atoms with Crippen molar-refractivity contribution < 1.29 is 0 Å². The van der Waals surface area contributed by atoms with Gasteiger partial charge >= 0.3 is 0 Å². The Kier molecular flexibility index (Phi) is 5.90. The molecule has 1 aliphatic rings. The number of rotatable bonds is 5. The van der Waals surface area contributed by atoms with Crippen LogP contribution in [-0.4, -0.2) is 12.6 Å². The molecule has 2 atom stereocenters. The van der Waals surface area contributed by atoms with Crippen molar-refractivity contribution in [2.24, 2.45) is 17.3 Å². The molecule has 1 nitrogen and oxygen atoms in total. The Morgan fingerprint density at radius 2 is 2.05 bits per heavy atom. The van der Waals surface area contributed by atoms with Gasteiger partial charge in [-0.1, -0.05) is 55.8 Å². The van der Waals surface area contributed by atoms with E-state index >= 15 is 0 Å². The first-order chi connectivity index (χ1) is 9.85. The van der Waals surface area contributed by atoms with Gasteiger partial charge in [-0.2, -0.15) is 0 Å². The zero-order valence-electron chi connectivity index (χ0n) is 14.0. The zero-order chi connectivity index (χ0) is 15.5. The summed E-state index contributed by atoms with van der Waals surface area (Å²) < 4.78 is 1.20. The molecule has 0 bridgehead atoms. The molecule has 0 heterocycles. The molecule has 1 saturated carbocycles. The maximum absolute atomic E-state index is 3.66. The van der Waals surface area contributed by atoms with E-state index < -0.39 is 0 Å². The van der Waals surface area contributed by atoms with E-state index in [1.54, 1.807) is 0 Å². The molecule has 0 radical (unpaired) electrons. The Morgan fingerprint density at radius 1 is 1.29 bits per heavy atom. The lowest BCUT2D eigenvalue weighted by molar-refractivity contribution is 0.114. The van der Waals surface area contributed by atoms with Crippen LogP contribution < -0.4 is 5.32 Å². The van der Waals surface area contributed by atoms with Gasteiger partial charge in [0.1, 0.15) is 0 Å². The third-order valence-electron chi connectivity index (χ3n) is 4.85. The van der Waals surface area contributed by atoms with Crippen LogP contribution >= 0.6 is 15.9 Å². The van der Waals surface area contributed by atoms with Crippen LogP contribution in [0.1, 0.15) is 52.5 Å². The molecule has 0 aliphatic heterocycles. The molecular formula is C19H30BrN. The van der Waals surface area contributed by atoms with Crippen LogP contribution in [0.25, 0.3) is 0 Å². The standard InChI is InChI=1S/C19H30BrN/c1-14(2)21-13-16-8-9-19(3,4)12-17(16)10-15-6-5-7-18(20)11-15/h5-7,11,14,16-17,21H,8-10,12-13H2,1-4H3. The van der Waals surface area contributed by atoms with Crippen LogP contribution in [0.15, 0.2) is 28.7 Å². The monoisotopic (exact) mass is 351 g/mol. The van der Waals surface area contributed by atoms with Crippen molar-refractivity contribution in [3.8, 4) is 0 Å². The van der Waals surface area contributed by atoms with E-state index in [2.05, 4.69) is 73.2 Å². The topological polar surface area (TPSA) is 12.0 Å². The second-order valence-corrected chi connectivity index (χ2v) is 8.74. The number of benzene rings is 1. The van der Waals surface area contributed by atoms with E-state index in [-0.39, 0.29) is 0 Å². The SMILES string of the molecule is CC(C)NCC1CCC(C)(C)CC1Cc1cccc(Br)c1. The molecule has 2 rings (SSSR count). The van der Waals surface area contributed by atoms with E-state index in [0.29, 0.717) is 11.5 Å². The van der Waals surface area contributed by atoms with Crippen LogP contribution in [-0.2, 0) is 6.42 Å². The average Bonchev–Trinajstić information content (AvgIpc) is 2.36. The third kappa shape index (κ3) is 5.41. The maximum Gasteiger partial charge on any atom is 0.0177 e. The van der Waals surface area contributed by atoms with Gasteiger partial charge in [0.2, 0.25) is 0 Å². The van der Waals surface area contributed by atoms with Crippen LogP contribution in [0.4, 0.5) is 0 Å². The lowest BCUT2D eigenvalue weighted by atomic mass is 9.65. The van der Waals surface area contributed by atoms with E-state index in [0.717, 1.165) is 11.8 Å². The first-order valence-corrected chi connectivity index (χ1v) is 9.13. The van der Waals surface area contributed by atoms with Crippen LogP contribution in [0, 0.1) is 17.3 Å². The molecule has 0 spiro atoms. The van der Waals surface area contributed by atoms with Gasteiger partial charge in [0.25, 0.3) is 0 Å². The van der Waals surface area contributed by atoms with Crippen LogP contribution in [0.5, 0.6) is 0 Å². The molecule has 1 aromatic rings. The number of halogens is 1. The molecule has 0 aromatic heterocycles. The molecular weight excluding hydrogens is 322 g/mol. The van der Waals surface area contributed by atoms with Gasteiger partial charge < -0.3 is 5.32 Å². The second kappa shape index (κ2) is 7.28. The van der Waals surface area contributed by atoms with E-state index in [1.165, 1.54) is 42.3 Å². The minimum absolute atomic E-state index is 0.505. The van der Waals surface area contributed by atoms with Crippen molar-refractivity contribution in [1.29, 1.82) is 0 Å². The molecule has 118 valence electrons. The van der Waals surface area contributed by atoms with Crippen molar-refractivity contribution in [1.82, 2.24) is 5.32 Å². The summed E-state index contributed by atoms with van der Waals surface area (Å²) >= 11 is 3.60. The first-order valence-electron chi connectivity index (χ1n) is 8.33. The van der Waals surface area contributed by atoms with E-state index in [4.69, 9.17) is 0 Å². The smallest absolute Gasteiger partial charge is 0.0177 e. The molecule has 0 saturated heterocycles. The minimum Gasteiger partial charge on any atom is -0.314 e. The molecule has 1 aliphatic carbocycles. The van der Waals surface area contributed by atoms with E-state index in [1.807, 2.05) is 0 Å². The van der Waals surface area contributed by atoms with Gasteiger partial charge in [0.15, 0.2) is 0 Å². The molecule has 21 heavy (non-hydrogen) atoms. The van der Waals surface area contributed by atoms with Gasteiger partial charge in [0, 0.05) is 10.5 Å². The maximum atomic E-state index is 3.66. The van der Waals surface area contributed by atoms with E-state index in [9.17, 15) is 0 Å². The Hall–Kier alpha value is -0.340. The predicted octanol–water partition coefficient (Wildman–Crippen LogP) is 5.43. The van der Waals surface area contributed by atoms with Crippen LogP contribution in [0.2, 0.25) is 0 Å². The third-order valence-corrected chi connectivity index (χ3v) is 5.34. The number of hydrogen-bond donors (Lipinski definition) is 1. The summed E-state index contributed by atoms with van der Waals surface area (Å²) in [5.74, 6) is 1.62. The summed E-state index contributed by atoms with van der Waals surface area (Å²) in [6, 6.07) is 9.43. The molecule has 0 amide bonds. The highest BCUT2D eigenvalue weighted by atomic mass is 79.9. The molecule has 2 unspecified atom stereocenters. The fourth-order valence-corrected chi connectivity index (χ4v) is 4.10. The van der Waals surface area contributed by atoms with Gasteiger partial charge in [-0.25, -0.2) is 0 Å². The van der Waals surface area contributed by atoms with Crippen LogP contribution in [0.3, 0.4) is 0 Å². The number of hydrogen-bond acceptors (Lipinski definition) is 1. The van der Waals surface area contributed by atoms with Crippen molar-refractivity contribution in [2.45, 2.75) is 59.4 Å². The highest BCUT2D eigenvalue weighted by Gasteiger charge is 2.34. The summed E-state index contributed by atoms with van der Waals surface area (Å²) in [4.78, 5) is 0. The highest BCUT2D eigenvalue weighted by molar-refractivity contribution is 9.10. The lowest BCUT2D eigenvalue weighted by Gasteiger charge is -2.41. The second-order valence-electron chi connectivity index (χ2n) is 7.82. The van der Waals surface area contributed by atoms with Crippen molar-refractivity contribution in [2.75, 3.05) is 6.54 Å². The van der Waals surface area contributed by atoms with Crippen molar-refractivity contribution >= 4 is 15.9 Å². The minimum atomic E-state index is 0.505. The summed E-state index contributed by atoms with van der Waals surface area (Å²) in [7, 11) is 0. The summed E-state index contributed by atoms with van der Waals surface area (Å²) in [5, 5.41) is 3.66. The number of nitrogens with one attached hydrogen (secondary N) is 1. The van der Waals surface area contributed by atoms with Gasteiger partial charge in [0.05, 0.1) is 0 Å². The van der Waals surface area contributed by atoms with Gasteiger partial charge in [-0.05, 0) is 67.2 Å².